The summed E-state index contributed by atoms with van der Waals surface area (Å²) < 4.78 is 32.4. The van der Waals surface area contributed by atoms with Gasteiger partial charge in [-0.15, -0.1) is 0 Å². The molecule has 112 valence electrons. The summed E-state index contributed by atoms with van der Waals surface area (Å²) in [6.45, 7) is 0.653. The molecule has 6 nitrogen and oxygen atoms in total. The van der Waals surface area contributed by atoms with Crippen LogP contribution in [0.5, 0.6) is 0 Å². The molecule has 1 aliphatic carbocycles. The fourth-order valence-corrected chi connectivity index (χ4v) is 3.54. The molecule has 0 heterocycles. The van der Waals surface area contributed by atoms with Gasteiger partial charge in [-0.3, -0.25) is 5.84 Å². The molecule has 1 saturated carbocycles. The van der Waals surface area contributed by atoms with Crippen molar-refractivity contribution in [1.82, 2.24) is 4.72 Å². The SMILES string of the molecule is NNc1ccccc1S(=O)(=O)NCCOC1CCCC1. The van der Waals surface area contributed by atoms with E-state index >= 15 is 0 Å². The second kappa shape index (κ2) is 7.03. The van der Waals surface area contributed by atoms with Crippen LogP contribution in [-0.2, 0) is 14.8 Å². The van der Waals surface area contributed by atoms with Crippen LogP contribution in [0.1, 0.15) is 25.7 Å². The third-order valence-electron chi connectivity index (χ3n) is 3.38. The number of nitrogens with one attached hydrogen (secondary N) is 2. The minimum absolute atomic E-state index is 0.142. The van der Waals surface area contributed by atoms with Crippen LogP contribution >= 0.6 is 0 Å². The molecule has 1 fully saturated rings. The van der Waals surface area contributed by atoms with Gasteiger partial charge in [0.1, 0.15) is 4.90 Å². The first-order valence-electron chi connectivity index (χ1n) is 6.80. The van der Waals surface area contributed by atoms with Gasteiger partial charge in [0.15, 0.2) is 0 Å². The van der Waals surface area contributed by atoms with Crippen LogP contribution < -0.4 is 16.0 Å². The first-order valence-corrected chi connectivity index (χ1v) is 8.29. The van der Waals surface area contributed by atoms with E-state index in [4.69, 9.17) is 10.6 Å². The minimum atomic E-state index is -3.57. The molecule has 0 atom stereocenters. The zero-order valence-electron chi connectivity index (χ0n) is 11.3. The van der Waals surface area contributed by atoms with E-state index in [9.17, 15) is 8.42 Å². The van der Waals surface area contributed by atoms with E-state index in [1.54, 1.807) is 18.2 Å². The van der Waals surface area contributed by atoms with E-state index in [-0.39, 0.29) is 17.5 Å². The predicted molar refractivity (Wildman–Crippen MR) is 77.6 cm³/mol. The monoisotopic (exact) mass is 299 g/mol. The van der Waals surface area contributed by atoms with Crippen molar-refractivity contribution in [2.24, 2.45) is 5.84 Å². The number of ether oxygens (including phenoxy) is 1. The lowest BCUT2D eigenvalue weighted by Gasteiger charge is -2.13. The Morgan fingerprint density at radius 3 is 2.65 bits per heavy atom. The molecule has 0 aliphatic heterocycles. The van der Waals surface area contributed by atoms with Gasteiger partial charge in [0.2, 0.25) is 10.0 Å². The van der Waals surface area contributed by atoms with Gasteiger partial charge in [-0.1, -0.05) is 25.0 Å². The number of benzene rings is 1. The summed E-state index contributed by atoms with van der Waals surface area (Å²) in [5.74, 6) is 5.32. The normalized spacial score (nSPS) is 16.4. The molecule has 0 aromatic heterocycles. The number of para-hydroxylation sites is 1. The summed E-state index contributed by atoms with van der Waals surface area (Å²) in [4.78, 5) is 0.142. The lowest BCUT2D eigenvalue weighted by molar-refractivity contribution is 0.0626. The molecule has 0 unspecified atom stereocenters. The molecule has 1 aliphatic rings. The predicted octanol–water partition coefficient (Wildman–Crippen LogP) is 1.21. The van der Waals surface area contributed by atoms with Crippen LogP contribution in [0.2, 0.25) is 0 Å². The molecule has 0 amide bonds. The van der Waals surface area contributed by atoms with Gasteiger partial charge in [0.05, 0.1) is 18.4 Å². The highest BCUT2D eigenvalue weighted by Gasteiger charge is 2.18. The van der Waals surface area contributed by atoms with Gasteiger partial charge in [-0.05, 0) is 25.0 Å². The number of nitrogen functional groups attached to an aromatic ring is 1. The van der Waals surface area contributed by atoms with Crippen molar-refractivity contribution in [3.63, 3.8) is 0 Å². The molecule has 0 spiro atoms. The highest BCUT2D eigenvalue weighted by molar-refractivity contribution is 7.89. The van der Waals surface area contributed by atoms with Gasteiger partial charge in [0.25, 0.3) is 0 Å². The summed E-state index contributed by atoms with van der Waals surface area (Å²) in [6.07, 6.45) is 4.84. The molecule has 1 aromatic carbocycles. The van der Waals surface area contributed by atoms with E-state index in [1.165, 1.54) is 18.9 Å². The molecule has 20 heavy (non-hydrogen) atoms. The Morgan fingerprint density at radius 2 is 1.95 bits per heavy atom. The number of hydrogen-bond acceptors (Lipinski definition) is 5. The maximum Gasteiger partial charge on any atom is 0.242 e. The average molecular weight is 299 g/mol. The Labute approximate surface area is 119 Å². The van der Waals surface area contributed by atoms with Crippen molar-refractivity contribution < 1.29 is 13.2 Å². The number of rotatable bonds is 7. The second-order valence-corrected chi connectivity index (χ2v) is 6.55. The fourth-order valence-electron chi connectivity index (χ4n) is 2.35. The highest BCUT2D eigenvalue weighted by atomic mass is 32.2. The molecular formula is C13H21N3O3S. The van der Waals surface area contributed by atoms with Crippen LogP contribution in [0, 0.1) is 0 Å². The Balaban J connectivity index is 1.87. The van der Waals surface area contributed by atoms with Gasteiger partial charge >= 0.3 is 0 Å². The number of nitrogens with two attached hydrogens (primary N) is 1. The lowest BCUT2D eigenvalue weighted by Crippen LogP contribution is -2.29. The topological polar surface area (TPSA) is 93.5 Å². The van der Waals surface area contributed by atoms with Crippen molar-refractivity contribution in [2.75, 3.05) is 18.6 Å². The third kappa shape index (κ3) is 3.92. The molecular weight excluding hydrogens is 278 g/mol. The number of anilines is 1. The summed E-state index contributed by atoms with van der Waals surface area (Å²) >= 11 is 0. The summed E-state index contributed by atoms with van der Waals surface area (Å²) in [7, 11) is -3.57. The van der Waals surface area contributed by atoms with E-state index in [0.717, 1.165) is 12.8 Å². The quantitative estimate of drug-likeness (QED) is 0.400. The summed E-state index contributed by atoms with van der Waals surface area (Å²) in [5.41, 5.74) is 2.76. The molecule has 7 heteroatoms. The van der Waals surface area contributed by atoms with E-state index in [2.05, 4.69) is 10.1 Å². The third-order valence-corrected chi connectivity index (χ3v) is 4.90. The van der Waals surface area contributed by atoms with Crippen molar-refractivity contribution in [3.05, 3.63) is 24.3 Å². The number of sulfonamides is 1. The molecule has 4 N–H and O–H groups in total. The first kappa shape index (κ1) is 15.2. The molecule has 2 rings (SSSR count). The maximum absolute atomic E-state index is 12.1. The molecule has 0 saturated heterocycles. The zero-order valence-corrected chi connectivity index (χ0v) is 12.2. The molecule has 1 aromatic rings. The Hall–Kier alpha value is -1.15. The van der Waals surface area contributed by atoms with E-state index in [1.807, 2.05) is 0 Å². The van der Waals surface area contributed by atoms with Gasteiger partial charge in [-0.2, -0.15) is 0 Å². The standard InChI is InChI=1S/C13H21N3O3S/c14-16-12-7-3-4-8-13(12)20(17,18)15-9-10-19-11-5-1-2-6-11/h3-4,7-8,11,15-16H,1-2,5-6,9-10,14H2. The second-order valence-electron chi connectivity index (χ2n) is 4.82. The Kier molecular flexibility index (Phi) is 5.36. The average Bonchev–Trinajstić information content (AvgIpc) is 2.97. The first-order chi connectivity index (χ1) is 9.63. The van der Waals surface area contributed by atoms with Gasteiger partial charge in [0, 0.05) is 6.54 Å². The zero-order chi connectivity index (χ0) is 14.4. The highest BCUT2D eigenvalue weighted by Crippen LogP contribution is 2.21. The number of hydrazine groups is 1. The number of hydrogen-bond donors (Lipinski definition) is 3. The van der Waals surface area contributed by atoms with Crippen molar-refractivity contribution in [3.8, 4) is 0 Å². The Bertz CT molecular complexity index is 527. The van der Waals surface area contributed by atoms with Crippen molar-refractivity contribution >= 4 is 15.7 Å². The van der Waals surface area contributed by atoms with Crippen LogP contribution in [-0.4, -0.2) is 27.7 Å². The lowest BCUT2D eigenvalue weighted by atomic mass is 10.3. The smallest absolute Gasteiger partial charge is 0.242 e. The van der Waals surface area contributed by atoms with Crippen LogP contribution in [0.25, 0.3) is 0 Å². The summed E-state index contributed by atoms with van der Waals surface area (Å²) in [5, 5.41) is 0. The fraction of sp³-hybridized carbons (Fsp3) is 0.538. The van der Waals surface area contributed by atoms with Crippen molar-refractivity contribution in [1.29, 1.82) is 0 Å². The van der Waals surface area contributed by atoms with Crippen molar-refractivity contribution in [2.45, 2.75) is 36.7 Å². The van der Waals surface area contributed by atoms with Crippen LogP contribution in [0.3, 0.4) is 0 Å². The maximum atomic E-state index is 12.1. The molecule has 0 radical (unpaired) electrons. The van der Waals surface area contributed by atoms with Crippen LogP contribution in [0.15, 0.2) is 29.2 Å². The molecule has 0 bridgehead atoms. The van der Waals surface area contributed by atoms with Gasteiger partial charge in [-0.25, -0.2) is 13.1 Å². The minimum Gasteiger partial charge on any atom is -0.377 e. The largest absolute Gasteiger partial charge is 0.377 e. The van der Waals surface area contributed by atoms with E-state index in [0.29, 0.717) is 12.3 Å². The van der Waals surface area contributed by atoms with E-state index < -0.39 is 10.0 Å². The van der Waals surface area contributed by atoms with Gasteiger partial charge < -0.3 is 10.2 Å². The summed E-state index contributed by atoms with van der Waals surface area (Å²) in [6, 6.07) is 6.50. The Morgan fingerprint density at radius 1 is 1.25 bits per heavy atom. The van der Waals surface area contributed by atoms with Crippen LogP contribution in [0.4, 0.5) is 5.69 Å².